The van der Waals surface area contributed by atoms with Crippen LogP contribution in [0.2, 0.25) is 0 Å². The van der Waals surface area contributed by atoms with Gasteiger partial charge in [0.25, 0.3) is 35.4 Å². The molecule has 0 aromatic carbocycles. The van der Waals surface area contributed by atoms with Crippen LogP contribution in [0.4, 0.5) is 0 Å². The van der Waals surface area contributed by atoms with Crippen LogP contribution in [-0.4, -0.2) is 127 Å². The molecule has 380 valence electrons. The first kappa shape index (κ1) is 57.0. The van der Waals surface area contributed by atoms with Crippen molar-refractivity contribution < 1.29 is 52.4 Å². The van der Waals surface area contributed by atoms with Gasteiger partial charge in [-0.05, 0) is 77.0 Å². The van der Waals surface area contributed by atoms with Gasteiger partial charge < -0.3 is 24.0 Å². The number of hydrogen-bond donors (Lipinski definition) is 2. The van der Waals surface area contributed by atoms with E-state index in [0.717, 1.165) is 12.8 Å². The largest absolute Gasteiger partial charge is 0.421 e. The van der Waals surface area contributed by atoms with Crippen LogP contribution in [0, 0.1) is 21.7 Å². The van der Waals surface area contributed by atoms with Crippen LogP contribution in [0.15, 0.2) is 4.42 Å². The SMILES string of the molecule is C.CCC(C)(C)C(=O)C(=O)N1CCCC1C(=O)NNC(=O)[C@@H]1CCCN1C(=O)C(=O)C(C)(C)CC.CCC(C)(C)C(=O)C(=O)N1CCCC1c1nnc([C@@H]2CCCN2C(=O)C(=O)C(C)(C)CC)o1. The third-order valence-corrected chi connectivity index (χ3v) is 14.8. The molecule has 0 aliphatic carbocycles. The van der Waals surface area contributed by atoms with E-state index in [4.69, 9.17) is 4.42 Å². The quantitative estimate of drug-likeness (QED) is 0.161. The molecule has 4 atom stereocenters. The number of nitrogens with one attached hydrogen (secondary N) is 2. The number of hydrogen-bond acceptors (Lipinski definition) is 13. The molecule has 0 bridgehead atoms. The predicted molar refractivity (Wildman–Crippen MR) is 250 cm³/mol. The molecule has 4 aliphatic rings. The van der Waals surface area contributed by atoms with Crippen molar-refractivity contribution in [2.45, 2.75) is 192 Å². The van der Waals surface area contributed by atoms with E-state index < -0.39 is 104 Å². The average Bonchev–Trinajstić information content (AvgIpc) is 4.17. The Morgan fingerprint density at radius 3 is 0.985 bits per heavy atom. The van der Waals surface area contributed by atoms with Crippen molar-refractivity contribution in [3.63, 3.8) is 0 Å². The molecule has 1 aromatic heterocycles. The Morgan fingerprint density at radius 2 is 0.706 bits per heavy atom. The predicted octanol–water partition coefficient (Wildman–Crippen LogP) is 5.17. The summed E-state index contributed by atoms with van der Waals surface area (Å²) < 4.78 is 5.96. The Kier molecular flexibility index (Phi) is 19.1. The van der Waals surface area contributed by atoms with Crippen LogP contribution in [0.25, 0.3) is 0 Å². The highest BCUT2D eigenvalue weighted by molar-refractivity contribution is 6.39. The van der Waals surface area contributed by atoms with Gasteiger partial charge in [-0.1, -0.05) is 90.5 Å². The van der Waals surface area contributed by atoms with Gasteiger partial charge in [0.15, 0.2) is 0 Å². The number of ketones is 4. The Bertz CT molecular complexity index is 1950. The van der Waals surface area contributed by atoms with Gasteiger partial charge in [-0.15, -0.1) is 10.2 Å². The number of carbonyl (C=O) groups excluding carboxylic acids is 10. The van der Waals surface area contributed by atoms with Crippen molar-refractivity contribution in [1.82, 2.24) is 40.6 Å². The van der Waals surface area contributed by atoms with E-state index in [2.05, 4.69) is 21.0 Å². The van der Waals surface area contributed by atoms with Crippen LogP contribution in [0.1, 0.15) is 191 Å². The molecular formula is C49H78N8O11. The second-order valence-electron chi connectivity index (χ2n) is 20.8. The Balaban J connectivity index is 0.000000355. The van der Waals surface area contributed by atoms with Crippen LogP contribution in [0.3, 0.4) is 0 Å². The Hall–Kier alpha value is -5.36. The van der Waals surface area contributed by atoms with E-state index in [1.165, 1.54) is 19.6 Å². The fraction of sp³-hybridized carbons (Fsp3) is 0.755. The number of likely N-dealkylation sites (tertiary alicyclic amines) is 4. The Labute approximate surface area is 401 Å². The molecule has 2 N–H and O–H groups in total. The molecule has 68 heavy (non-hydrogen) atoms. The summed E-state index contributed by atoms with van der Waals surface area (Å²) in [6.45, 7) is 22.8. The molecule has 2 unspecified atom stereocenters. The van der Waals surface area contributed by atoms with E-state index in [0.29, 0.717) is 77.3 Å². The van der Waals surface area contributed by atoms with Crippen molar-refractivity contribution in [2.24, 2.45) is 21.7 Å². The lowest BCUT2D eigenvalue weighted by Gasteiger charge is -2.29. The zero-order valence-electron chi connectivity index (χ0n) is 41.8. The number of nitrogens with zero attached hydrogens (tertiary/aromatic N) is 6. The van der Waals surface area contributed by atoms with Gasteiger partial charge in [-0.3, -0.25) is 58.8 Å². The summed E-state index contributed by atoms with van der Waals surface area (Å²) in [4.78, 5) is 133. The minimum Gasteiger partial charge on any atom is -0.421 e. The van der Waals surface area contributed by atoms with E-state index in [-0.39, 0.29) is 32.3 Å². The summed E-state index contributed by atoms with van der Waals surface area (Å²) >= 11 is 0. The molecule has 1 aromatic rings. The summed E-state index contributed by atoms with van der Waals surface area (Å²) in [5.74, 6) is -4.99. The topological polar surface area (TPSA) is 247 Å². The van der Waals surface area contributed by atoms with Gasteiger partial charge in [0.05, 0.1) is 0 Å². The third-order valence-electron chi connectivity index (χ3n) is 14.8. The number of carbonyl (C=O) groups is 10. The van der Waals surface area contributed by atoms with Crippen molar-refractivity contribution in [3.05, 3.63) is 11.8 Å². The number of aromatic nitrogens is 2. The minimum absolute atomic E-state index is 0. The Morgan fingerprint density at radius 1 is 0.456 bits per heavy atom. The van der Waals surface area contributed by atoms with E-state index in [9.17, 15) is 47.9 Å². The molecule has 4 fully saturated rings. The molecule has 0 spiro atoms. The van der Waals surface area contributed by atoms with Crippen LogP contribution < -0.4 is 10.9 Å². The maximum Gasteiger partial charge on any atom is 0.291 e. The zero-order chi connectivity index (χ0) is 50.4. The number of Topliss-reactive ketones (excluding diaryl/α,β-unsaturated/α-hetero) is 4. The molecule has 0 radical (unpaired) electrons. The second-order valence-corrected chi connectivity index (χ2v) is 20.8. The first-order valence-corrected chi connectivity index (χ1v) is 24.1. The summed E-state index contributed by atoms with van der Waals surface area (Å²) in [5, 5.41) is 8.35. The summed E-state index contributed by atoms with van der Waals surface area (Å²) in [7, 11) is 0. The van der Waals surface area contributed by atoms with E-state index in [1.54, 1.807) is 55.4 Å². The lowest BCUT2D eigenvalue weighted by atomic mass is 9.84. The maximum atomic E-state index is 12.9. The lowest BCUT2D eigenvalue weighted by molar-refractivity contribution is -0.152. The van der Waals surface area contributed by atoms with Crippen LogP contribution in [0.5, 0.6) is 0 Å². The average molecular weight is 955 g/mol. The monoisotopic (exact) mass is 955 g/mol. The highest BCUT2D eigenvalue weighted by Crippen LogP contribution is 2.38. The molecule has 4 saturated heterocycles. The summed E-state index contributed by atoms with van der Waals surface area (Å²) in [6, 6.07) is -2.64. The van der Waals surface area contributed by atoms with Gasteiger partial charge in [-0.2, -0.15) is 0 Å². The molecule has 6 amide bonds. The van der Waals surface area contributed by atoms with E-state index >= 15 is 0 Å². The van der Waals surface area contributed by atoms with E-state index in [1.807, 2.05) is 27.7 Å². The first-order chi connectivity index (χ1) is 31.2. The molecule has 5 heterocycles. The van der Waals surface area contributed by atoms with Crippen molar-refractivity contribution in [2.75, 3.05) is 26.2 Å². The number of amides is 6. The molecule has 4 aliphatic heterocycles. The first-order valence-electron chi connectivity index (χ1n) is 24.1. The highest BCUT2D eigenvalue weighted by Gasteiger charge is 2.46. The smallest absolute Gasteiger partial charge is 0.291 e. The van der Waals surface area contributed by atoms with Gasteiger partial charge in [0.1, 0.15) is 24.2 Å². The molecule has 0 saturated carbocycles. The number of rotatable bonds is 16. The van der Waals surface area contributed by atoms with Crippen LogP contribution in [-0.2, 0) is 47.9 Å². The fourth-order valence-corrected chi connectivity index (χ4v) is 8.23. The lowest BCUT2D eigenvalue weighted by Crippen LogP contribution is -2.57. The maximum absolute atomic E-state index is 12.9. The molecule has 5 rings (SSSR count). The summed E-state index contributed by atoms with van der Waals surface area (Å²) in [6.07, 6.45) is 6.75. The van der Waals surface area contributed by atoms with Gasteiger partial charge in [0.2, 0.25) is 34.9 Å². The van der Waals surface area contributed by atoms with Gasteiger partial charge >= 0.3 is 0 Å². The van der Waals surface area contributed by atoms with Crippen LogP contribution >= 0.6 is 0 Å². The minimum atomic E-state index is -0.863. The fourth-order valence-electron chi connectivity index (χ4n) is 8.23. The standard InChI is InChI=1S/C24H38N4O6.C24H36N4O5.CH4/c1-7-23(3,4)17(29)21(33)27-13-9-11-15(27)19(31)25-26-20(32)16-12-10-14-28(16)22(34)18(30)24(5,6)8-2;1-7-23(3,4)17(29)21(31)27-13-9-11-15(27)19-25-26-20(33-19)16-12-10-14-28(16)22(32)18(30)24(5,6)8-2;/h15-16H,7-14H2,1-6H3,(H,25,31)(H,26,32);15-16H,7-14H2,1-6H3;1H4/t2*15-,16?;/m00./s1. The van der Waals surface area contributed by atoms with Gasteiger partial charge in [-0.25, -0.2) is 0 Å². The van der Waals surface area contributed by atoms with Crippen molar-refractivity contribution in [1.29, 1.82) is 0 Å². The molecule has 19 nitrogen and oxygen atoms in total. The number of hydrazine groups is 1. The second kappa shape index (κ2) is 22.8. The zero-order valence-corrected chi connectivity index (χ0v) is 41.8. The molecular weight excluding hydrogens is 877 g/mol. The molecule has 19 heteroatoms. The normalized spacial score (nSPS) is 20.8. The van der Waals surface area contributed by atoms with Crippen molar-refractivity contribution in [3.8, 4) is 0 Å². The summed E-state index contributed by atoms with van der Waals surface area (Å²) in [5.41, 5.74) is 1.58. The highest BCUT2D eigenvalue weighted by atomic mass is 16.4. The third kappa shape index (κ3) is 12.3. The van der Waals surface area contributed by atoms with Gasteiger partial charge in [0, 0.05) is 47.8 Å². The van der Waals surface area contributed by atoms with Crippen molar-refractivity contribution >= 4 is 58.6 Å².